The van der Waals surface area contributed by atoms with Crippen LogP contribution in [0.25, 0.3) is 0 Å². The topological polar surface area (TPSA) is 90.5 Å². The molecular weight excluding hydrogens is 448 g/mol. The summed E-state index contributed by atoms with van der Waals surface area (Å²) in [5.41, 5.74) is 1.94. The van der Waals surface area contributed by atoms with Gasteiger partial charge in [-0.1, -0.05) is 74.5 Å². The van der Waals surface area contributed by atoms with E-state index in [4.69, 9.17) is 0 Å². The van der Waals surface area contributed by atoms with E-state index < -0.39 is 18.1 Å². The number of hydrogen-bond donors (Lipinski definition) is 3. The highest BCUT2D eigenvalue weighted by Gasteiger charge is 2.40. The van der Waals surface area contributed by atoms with Crippen LogP contribution in [0.2, 0.25) is 0 Å². The number of rotatable bonds is 9. The second kappa shape index (κ2) is 12.0. The summed E-state index contributed by atoms with van der Waals surface area (Å²) in [7, 11) is 1.70. The molecule has 3 unspecified atom stereocenters. The molecule has 7 nitrogen and oxygen atoms in total. The Balaban J connectivity index is 1.79. The molecule has 34 heavy (non-hydrogen) atoms. The lowest BCUT2D eigenvalue weighted by molar-refractivity contribution is -0.142. The largest absolute Gasteiger partial charge is 0.343 e. The highest BCUT2D eigenvalue weighted by atomic mass is 32.2. The molecule has 0 spiro atoms. The first kappa shape index (κ1) is 25.8. The zero-order valence-corrected chi connectivity index (χ0v) is 21.0. The minimum absolute atomic E-state index is 0.115. The lowest BCUT2D eigenvalue weighted by atomic mass is 9.98. The molecule has 182 valence electrons. The Hall–Kier alpha value is -2.84. The average molecular weight is 483 g/mol. The molecule has 3 amide bonds. The molecule has 2 aromatic rings. The van der Waals surface area contributed by atoms with Crippen molar-refractivity contribution in [1.29, 1.82) is 0 Å². The predicted molar refractivity (Wildman–Crippen MR) is 136 cm³/mol. The third-order valence-electron chi connectivity index (χ3n) is 6.08. The first-order chi connectivity index (χ1) is 16.3. The van der Waals surface area contributed by atoms with E-state index >= 15 is 0 Å². The van der Waals surface area contributed by atoms with Gasteiger partial charge < -0.3 is 20.9 Å². The van der Waals surface area contributed by atoms with Gasteiger partial charge in [0.05, 0.1) is 18.0 Å². The van der Waals surface area contributed by atoms with Gasteiger partial charge in [0.25, 0.3) is 0 Å². The summed E-state index contributed by atoms with van der Waals surface area (Å²) in [5.74, 6) is 0.145. The minimum Gasteiger partial charge on any atom is -0.343 e. The van der Waals surface area contributed by atoms with Crippen LogP contribution in [-0.4, -0.2) is 59.4 Å². The summed E-state index contributed by atoms with van der Waals surface area (Å²) in [5, 5.41) is 8.92. The summed E-state index contributed by atoms with van der Waals surface area (Å²) in [6.07, 6.45) is 0. The maximum atomic E-state index is 13.5. The van der Waals surface area contributed by atoms with Crippen LogP contribution in [-0.2, 0) is 14.4 Å². The van der Waals surface area contributed by atoms with Gasteiger partial charge in [-0.15, -0.1) is 11.8 Å². The van der Waals surface area contributed by atoms with Gasteiger partial charge in [-0.05, 0) is 31.0 Å². The number of nitrogens with one attached hydrogen (secondary N) is 3. The van der Waals surface area contributed by atoms with Crippen LogP contribution in [0.4, 0.5) is 0 Å². The Labute approximate surface area is 206 Å². The van der Waals surface area contributed by atoms with E-state index in [0.29, 0.717) is 11.6 Å². The van der Waals surface area contributed by atoms with Crippen LogP contribution in [0.15, 0.2) is 60.7 Å². The van der Waals surface area contributed by atoms with Crippen LogP contribution in [0.3, 0.4) is 0 Å². The van der Waals surface area contributed by atoms with Gasteiger partial charge in [0.15, 0.2) is 0 Å². The summed E-state index contributed by atoms with van der Waals surface area (Å²) in [4.78, 5) is 41.0. The first-order valence-corrected chi connectivity index (χ1v) is 12.7. The number of carbonyl (C=O) groups excluding carboxylic acids is 3. The normalized spacial score (nSPS) is 17.5. The summed E-state index contributed by atoms with van der Waals surface area (Å²) in [6, 6.07) is 17.6. The van der Waals surface area contributed by atoms with E-state index in [2.05, 4.69) is 16.0 Å². The SMILES string of the molecule is CNC(C)C(=O)NC(C(=O)N1CSCC1C(=O)NC(c1ccccc1)c1ccccc1)C(C)C. The maximum Gasteiger partial charge on any atom is 0.246 e. The summed E-state index contributed by atoms with van der Waals surface area (Å²) < 4.78 is 0. The molecule has 8 heteroatoms. The van der Waals surface area contributed by atoms with Crippen molar-refractivity contribution >= 4 is 29.5 Å². The molecule has 1 heterocycles. The molecule has 3 N–H and O–H groups in total. The smallest absolute Gasteiger partial charge is 0.246 e. The fourth-order valence-corrected chi connectivity index (χ4v) is 5.03. The highest BCUT2D eigenvalue weighted by molar-refractivity contribution is 7.99. The van der Waals surface area contributed by atoms with Crippen molar-refractivity contribution in [3.8, 4) is 0 Å². The number of carbonyl (C=O) groups is 3. The number of thioether (sulfide) groups is 1. The van der Waals surface area contributed by atoms with E-state index in [1.54, 1.807) is 30.6 Å². The van der Waals surface area contributed by atoms with Crippen molar-refractivity contribution in [2.45, 2.75) is 44.9 Å². The van der Waals surface area contributed by atoms with Gasteiger partial charge >= 0.3 is 0 Å². The molecule has 0 aliphatic carbocycles. The van der Waals surface area contributed by atoms with Crippen LogP contribution < -0.4 is 16.0 Å². The quantitative estimate of drug-likeness (QED) is 0.511. The second-order valence-electron chi connectivity index (χ2n) is 8.83. The van der Waals surface area contributed by atoms with Gasteiger partial charge in [0, 0.05) is 5.75 Å². The molecule has 3 rings (SSSR count). The van der Waals surface area contributed by atoms with Gasteiger partial charge in [0.1, 0.15) is 12.1 Å². The Morgan fingerprint density at radius 1 is 0.912 bits per heavy atom. The Morgan fingerprint density at radius 2 is 1.47 bits per heavy atom. The first-order valence-electron chi connectivity index (χ1n) is 11.6. The maximum absolute atomic E-state index is 13.5. The molecule has 1 aliphatic heterocycles. The van der Waals surface area contributed by atoms with E-state index in [1.165, 1.54) is 0 Å². The van der Waals surface area contributed by atoms with Crippen LogP contribution in [0, 0.1) is 5.92 Å². The fourth-order valence-electron chi connectivity index (χ4n) is 3.87. The van der Waals surface area contributed by atoms with E-state index in [-0.39, 0.29) is 29.7 Å². The van der Waals surface area contributed by atoms with Crippen molar-refractivity contribution in [2.75, 3.05) is 18.7 Å². The van der Waals surface area contributed by atoms with Gasteiger partial charge in [-0.25, -0.2) is 0 Å². The molecule has 0 saturated carbocycles. The van der Waals surface area contributed by atoms with Crippen LogP contribution in [0.1, 0.15) is 37.9 Å². The third kappa shape index (κ3) is 6.18. The van der Waals surface area contributed by atoms with Crippen LogP contribution >= 0.6 is 11.8 Å². The number of hydrogen-bond acceptors (Lipinski definition) is 5. The van der Waals surface area contributed by atoms with Crippen molar-refractivity contribution in [2.24, 2.45) is 5.92 Å². The molecular formula is C26H34N4O3S. The zero-order chi connectivity index (χ0) is 24.7. The van der Waals surface area contributed by atoms with Crippen molar-refractivity contribution in [1.82, 2.24) is 20.9 Å². The molecule has 0 bridgehead atoms. The lowest BCUT2D eigenvalue weighted by Crippen LogP contribution is -2.57. The predicted octanol–water partition coefficient (Wildman–Crippen LogP) is 2.54. The molecule has 3 atom stereocenters. The molecule has 0 radical (unpaired) electrons. The van der Waals surface area contributed by atoms with Crippen LogP contribution in [0.5, 0.6) is 0 Å². The Bertz CT molecular complexity index is 931. The number of nitrogens with zero attached hydrogens (tertiary/aromatic N) is 1. The van der Waals surface area contributed by atoms with Crippen molar-refractivity contribution < 1.29 is 14.4 Å². The van der Waals surface area contributed by atoms with E-state index in [0.717, 1.165) is 11.1 Å². The fraction of sp³-hybridized carbons (Fsp3) is 0.423. The number of likely N-dealkylation sites (N-methyl/N-ethyl adjacent to an activating group) is 1. The van der Waals surface area contributed by atoms with Crippen molar-refractivity contribution in [3.05, 3.63) is 71.8 Å². The Morgan fingerprint density at radius 3 is 1.97 bits per heavy atom. The van der Waals surface area contributed by atoms with Gasteiger partial charge in [-0.3, -0.25) is 14.4 Å². The van der Waals surface area contributed by atoms with Gasteiger partial charge in [0.2, 0.25) is 17.7 Å². The molecule has 1 saturated heterocycles. The van der Waals surface area contributed by atoms with Gasteiger partial charge in [-0.2, -0.15) is 0 Å². The molecule has 2 aromatic carbocycles. The van der Waals surface area contributed by atoms with Crippen molar-refractivity contribution in [3.63, 3.8) is 0 Å². The summed E-state index contributed by atoms with van der Waals surface area (Å²) in [6.45, 7) is 5.53. The highest BCUT2D eigenvalue weighted by Crippen LogP contribution is 2.26. The average Bonchev–Trinajstić information content (AvgIpc) is 3.35. The van der Waals surface area contributed by atoms with E-state index in [1.807, 2.05) is 74.5 Å². The zero-order valence-electron chi connectivity index (χ0n) is 20.2. The molecule has 1 fully saturated rings. The van der Waals surface area contributed by atoms with E-state index in [9.17, 15) is 14.4 Å². The molecule has 0 aromatic heterocycles. The monoisotopic (exact) mass is 482 g/mol. The Kier molecular flexibility index (Phi) is 9.12. The summed E-state index contributed by atoms with van der Waals surface area (Å²) >= 11 is 1.54. The number of amides is 3. The lowest BCUT2D eigenvalue weighted by Gasteiger charge is -2.31. The standard InChI is InChI=1S/C26H34N4O3S/c1-17(2)22(28-24(31)18(3)27-4)26(33)30-16-34-15-21(30)25(32)29-23(19-11-7-5-8-12-19)20-13-9-6-10-14-20/h5-14,17-18,21-23,27H,15-16H2,1-4H3,(H,28,31)(H,29,32). The number of benzene rings is 2. The molecule has 1 aliphatic rings. The minimum atomic E-state index is -0.698. The third-order valence-corrected chi connectivity index (χ3v) is 7.09. The second-order valence-corrected chi connectivity index (χ2v) is 9.83.